The maximum absolute atomic E-state index is 12.0. The number of alkyl carbamates (subject to hydrolysis) is 1. The van der Waals surface area contributed by atoms with E-state index in [0.29, 0.717) is 5.75 Å². The summed E-state index contributed by atoms with van der Waals surface area (Å²) in [7, 11) is 0. The highest BCUT2D eigenvalue weighted by Gasteiger charge is 2.28. The summed E-state index contributed by atoms with van der Waals surface area (Å²) in [5.41, 5.74) is 0. The number of alkyl halides is 3. The smallest absolute Gasteiger partial charge is 0.422 e. The lowest BCUT2D eigenvalue weighted by molar-refractivity contribution is -0.153. The van der Waals surface area contributed by atoms with Crippen LogP contribution in [-0.2, 0) is 4.74 Å². The molecular formula is C13H16F3NO4. The van der Waals surface area contributed by atoms with E-state index in [-0.39, 0.29) is 25.5 Å². The van der Waals surface area contributed by atoms with Crippen molar-refractivity contribution in [3.05, 3.63) is 24.3 Å². The average Bonchev–Trinajstić information content (AvgIpc) is 2.42. The molecule has 0 unspecified atom stereocenters. The van der Waals surface area contributed by atoms with E-state index >= 15 is 0 Å². The van der Waals surface area contributed by atoms with Gasteiger partial charge in [0, 0.05) is 0 Å². The van der Waals surface area contributed by atoms with Gasteiger partial charge in [0.15, 0.2) is 6.61 Å². The summed E-state index contributed by atoms with van der Waals surface area (Å²) in [4.78, 5) is 11.0. The summed E-state index contributed by atoms with van der Waals surface area (Å²) in [6.07, 6.45) is -4.90. The fraction of sp³-hybridized carbons (Fsp3) is 0.462. The molecule has 21 heavy (non-hydrogen) atoms. The van der Waals surface area contributed by atoms with Gasteiger partial charge in [0.05, 0.1) is 13.2 Å². The third-order valence-electron chi connectivity index (χ3n) is 2.14. The van der Waals surface area contributed by atoms with Crippen LogP contribution in [0.2, 0.25) is 0 Å². The molecule has 0 fully saturated rings. The zero-order chi connectivity index (χ0) is 15.7. The van der Waals surface area contributed by atoms with Gasteiger partial charge in [-0.15, -0.1) is 0 Å². The molecule has 118 valence electrons. The minimum Gasteiger partial charge on any atom is -0.492 e. The predicted molar refractivity (Wildman–Crippen MR) is 68.5 cm³/mol. The minimum absolute atomic E-state index is 0.101. The van der Waals surface area contributed by atoms with E-state index in [4.69, 9.17) is 4.74 Å². The van der Waals surface area contributed by atoms with Gasteiger partial charge in [-0.05, 0) is 31.2 Å². The van der Waals surface area contributed by atoms with Gasteiger partial charge in [-0.1, -0.05) is 0 Å². The lowest BCUT2D eigenvalue weighted by Gasteiger charge is -2.10. The van der Waals surface area contributed by atoms with Crippen LogP contribution in [0.3, 0.4) is 0 Å². The largest absolute Gasteiger partial charge is 0.492 e. The Hall–Kier alpha value is -2.12. The van der Waals surface area contributed by atoms with E-state index in [1.165, 1.54) is 24.3 Å². The van der Waals surface area contributed by atoms with Gasteiger partial charge in [0.1, 0.15) is 18.1 Å². The monoisotopic (exact) mass is 307 g/mol. The number of hydrogen-bond donors (Lipinski definition) is 1. The first-order chi connectivity index (χ1) is 9.90. The molecule has 5 nitrogen and oxygen atoms in total. The number of halogens is 3. The van der Waals surface area contributed by atoms with Crippen LogP contribution in [0.1, 0.15) is 6.92 Å². The first kappa shape index (κ1) is 16.9. The van der Waals surface area contributed by atoms with E-state index in [9.17, 15) is 18.0 Å². The fourth-order valence-corrected chi connectivity index (χ4v) is 1.30. The van der Waals surface area contributed by atoms with Crippen molar-refractivity contribution in [3.63, 3.8) is 0 Å². The number of ether oxygens (including phenoxy) is 3. The molecule has 0 aromatic heterocycles. The van der Waals surface area contributed by atoms with Gasteiger partial charge in [-0.3, -0.25) is 0 Å². The van der Waals surface area contributed by atoms with Crippen LogP contribution < -0.4 is 14.8 Å². The first-order valence-electron chi connectivity index (χ1n) is 6.24. The summed E-state index contributed by atoms with van der Waals surface area (Å²) in [5, 5.41) is 2.47. The molecule has 1 aromatic carbocycles. The van der Waals surface area contributed by atoms with Crippen LogP contribution in [0.25, 0.3) is 0 Å². The Kier molecular flexibility index (Phi) is 6.64. The number of nitrogens with one attached hydrogen (secondary N) is 1. The molecule has 8 heteroatoms. The number of rotatable bonds is 7. The third-order valence-corrected chi connectivity index (χ3v) is 2.14. The van der Waals surface area contributed by atoms with Crippen molar-refractivity contribution in [2.75, 3.05) is 26.4 Å². The van der Waals surface area contributed by atoms with Gasteiger partial charge < -0.3 is 19.5 Å². The Balaban J connectivity index is 2.26. The molecule has 0 radical (unpaired) electrons. The molecule has 1 amide bonds. The maximum Gasteiger partial charge on any atom is 0.422 e. The van der Waals surface area contributed by atoms with Crippen LogP contribution in [0.5, 0.6) is 11.5 Å². The average molecular weight is 307 g/mol. The lowest BCUT2D eigenvalue weighted by atomic mass is 10.3. The van der Waals surface area contributed by atoms with Crippen LogP contribution in [0.15, 0.2) is 24.3 Å². The zero-order valence-corrected chi connectivity index (χ0v) is 11.4. The van der Waals surface area contributed by atoms with Crippen molar-refractivity contribution in [3.8, 4) is 11.5 Å². The highest BCUT2D eigenvalue weighted by atomic mass is 19.4. The summed E-state index contributed by atoms with van der Waals surface area (Å²) in [5.74, 6) is 0.560. The van der Waals surface area contributed by atoms with E-state index in [0.717, 1.165) is 0 Å². The Bertz CT molecular complexity index is 434. The number of amides is 1. The summed E-state index contributed by atoms with van der Waals surface area (Å²) in [6, 6.07) is 5.71. The SMILES string of the molecule is CCOC(=O)NCCOc1ccc(OCC(F)(F)F)cc1. The Morgan fingerprint density at radius 3 is 2.24 bits per heavy atom. The zero-order valence-electron chi connectivity index (χ0n) is 11.4. The van der Waals surface area contributed by atoms with Gasteiger partial charge in [-0.25, -0.2) is 4.79 Å². The molecule has 0 spiro atoms. The molecule has 1 N–H and O–H groups in total. The number of benzene rings is 1. The van der Waals surface area contributed by atoms with Crippen LogP contribution in [0.4, 0.5) is 18.0 Å². The van der Waals surface area contributed by atoms with E-state index in [1.807, 2.05) is 0 Å². The van der Waals surface area contributed by atoms with E-state index in [2.05, 4.69) is 14.8 Å². The second kappa shape index (κ2) is 8.23. The van der Waals surface area contributed by atoms with E-state index in [1.54, 1.807) is 6.92 Å². The van der Waals surface area contributed by atoms with Crippen LogP contribution in [0, 0.1) is 0 Å². The maximum atomic E-state index is 12.0. The predicted octanol–water partition coefficient (Wildman–Crippen LogP) is 2.75. The normalized spacial score (nSPS) is 10.9. The standard InChI is InChI=1S/C13H16F3NO4/c1-2-19-12(18)17-7-8-20-10-3-5-11(6-4-10)21-9-13(14,15)16/h3-6H,2,7-9H2,1H3,(H,17,18). The van der Waals surface area contributed by atoms with Crippen molar-refractivity contribution >= 4 is 6.09 Å². The number of carbonyl (C=O) groups is 1. The molecule has 0 saturated heterocycles. The molecule has 1 aromatic rings. The molecule has 0 aliphatic rings. The van der Waals surface area contributed by atoms with Gasteiger partial charge in [-0.2, -0.15) is 13.2 Å². The highest BCUT2D eigenvalue weighted by molar-refractivity contribution is 5.66. The third kappa shape index (κ3) is 7.91. The van der Waals surface area contributed by atoms with Gasteiger partial charge in [0.2, 0.25) is 0 Å². The van der Waals surface area contributed by atoms with Gasteiger partial charge >= 0.3 is 12.3 Å². The first-order valence-corrected chi connectivity index (χ1v) is 6.24. The highest BCUT2D eigenvalue weighted by Crippen LogP contribution is 2.21. The molecular weight excluding hydrogens is 291 g/mol. The molecule has 0 heterocycles. The Morgan fingerprint density at radius 2 is 1.71 bits per heavy atom. The quantitative estimate of drug-likeness (QED) is 0.787. The summed E-state index contributed by atoms with van der Waals surface area (Å²) in [6.45, 7) is 1.11. The minimum atomic E-state index is -4.37. The van der Waals surface area contributed by atoms with Crippen LogP contribution in [-0.4, -0.2) is 38.6 Å². The van der Waals surface area contributed by atoms with Gasteiger partial charge in [0.25, 0.3) is 0 Å². The second-order valence-corrected chi connectivity index (χ2v) is 3.87. The topological polar surface area (TPSA) is 56.8 Å². The van der Waals surface area contributed by atoms with Crippen molar-refractivity contribution < 1.29 is 32.2 Å². The Morgan fingerprint density at radius 1 is 1.14 bits per heavy atom. The van der Waals surface area contributed by atoms with Crippen molar-refractivity contribution in [2.24, 2.45) is 0 Å². The molecule has 0 saturated carbocycles. The second-order valence-electron chi connectivity index (χ2n) is 3.87. The molecule has 0 bridgehead atoms. The van der Waals surface area contributed by atoms with Crippen molar-refractivity contribution in [1.29, 1.82) is 0 Å². The fourth-order valence-electron chi connectivity index (χ4n) is 1.30. The van der Waals surface area contributed by atoms with Crippen molar-refractivity contribution in [2.45, 2.75) is 13.1 Å². The molecule has 0 aliphatic carbocycles. The lowest BCUT2D eigenvalue weighted by Crippen LogP contribution is -2.28. The van der Waals surface area contributed by atoms with Crippen LogP contribution >= 0.6 is 0 Å². The number of carbonyl (C=O) groups excluding carboxylic acids is 1. The summed E-state index contributed by atoms with van der Waals surface area (Å²) >= 11 is 0. The molecule has 0 atom stereocenters. The summed E-state index contributed by atoms with van der Waals surface area (Å²) < 4.78 is 50.3. The number of hydrogen-bond acceptors (Lipinski definition) is 4. The van der Waals surface area contributed by atoms with E-state index < -0.39 is 18.9 Å². The Labute approximate surface area is 120 Å². The molecule has 1 rings (SSSR count). The molecule has 0 aliphatic heterocycles. The van der Waals surface area contributed by atoms with Crippen molar-refractivity contribution in [1.82, 2.24) is 5.32 Å².